The second kappa shape index (κ2) is 10.3. The molecule has 0 atom stereocenters. The molecule has 0 rings (SSSR count). The zero-order valence-corrected chi connectivity index (χ0v) is 11.2. The average molecular weight is 229 g/mol. The number of carbonyl (C=O) groups excluding carboxylic acids is 1. The van der Waals surface area contributed by atoms with Crippen LogP contribution in [0.4, 0.5) is 0 Å². The number of hydrogen-bond donors (Lipinski definition) is 0. The minimum atomic E-state index is 0.125. The van der Waals surface area contributed by atoms with Crippen LogP contribution in [0.2, 0.25) is 0 Å². The molecule has 4 heteroatoms. The van der Waals surface area contributed by atoms with Crippen LogP contribution in [0.5, 0.6) is 0 Å². The summed E-state index contributed by atoms with van der Waals surface area (Å²) in [6.45, 7) is 7.33. The number of rotatable bonds is 3. The molecule has 62 valence electrons. The third-order valence-electron chi connectivity index (χ3n) is 1.32. The Kier molecular flexibility index (Phi) is 12.9. The first-order valence-corrected chi connectivity index (χ1v) is 7.51. The number of amides is 1. The zero-order chi connectivity index (χ0) is 9.28. The van der Waals surface area contributed by atoms with Gasteiger partial charge in [-0.1, -0.05) is 0 Å². The predicted octanol–water partition coefficient (Wildman–Crippen LogP) is 1.77. The summed E-state index contributed by atoms with van der Waals surface area (Å²) in [7, 11) is 4.76. The summed E-state index contributed by atoms with van der Waals surface area (Å²) in [5, 5.41) is 0. The molecule has 11 heavy (non-hydrogen) atoms. The monoisotopic (exact) mass is 227 g/mol. The fraction of sp³-hybridized carbons (Fsp3) is 0.714. The predicted molar refractivity (Wildman–Crippen MR) is 43.8 cm³/mol. The average Bonchev–Trinajstić information content (AvgIpc) is 2.10. The Morgan fingerprint density at radius 3 is 1.91 bits per heavy atom. The van der Waals surface area contributed by atoms with Crippen LogP contribution in [0.1, 0.15) is 20.8 Å². The van der Waals surface area contributed by atoms with Crippen LogP contribution in [0.15, 0.2) is 0 Å². The molecule has 1 amide bonds. The summed E-state index contributed by atoms with van der Waals surface area (Å²) in [6.07, 6.45) is 1.59. The van der Waals surface area contributed by atoms with Gasteiger partial charge in [0.25, 0.3) is 0 Å². The standard InChI is InChI=1S/C7H14NO.ClH.Zn/c1-4-7(9)8(5-2)6-3;;/h4H,5-6H2,1-3H3;1H;/q-1;;+2/p-1. The molecule has 0 unspecified atom stereocenters. The quantitative estimate of drug-likeness (QED) is 0.533. The zero-order valence-electron chi connectivity index (χ0n) is 7.43. The topological polar surface area (TPSA) is 20.3 Å². The van der Waals surface area contributed by atoms with Gasteiger partial charge >= 0.3 is 27.0 Å². The van der Waals surface area contributed by atoms with E-state index in [9.17, 15) is 4.79 Å². The van der Waals surface area contributed by atoms with E-state index >= 15 is 0 Å². The molecular formula is C7H14ClNOZn. The fourth-order valence-corrected chi connectivity index (χ4v) is 0.718. The first-order chi connectivity index (χ1) is 5.26. The summed E-state index contributed by atoms with van der Waals surface area (Å²) in [6, 6.07) is 0. The van der Waals surface area contributed by atoms with Gasteiger partial charge in [0, 0.05) is 13.1 Å². The second-order valence-electron chi connectivity index (χ2n) is 1.80. The Balaban J connectivity index is 0. The van der Waals surface area contributed by atoms with E-state index in [4.69, 9.17) is 9.69 Å². The van der Waals surface area contributed by atoms with E-state index in [1.807, 2.05) is 13.8 Å². The molecule has 0 bridgehead atoms. The number of carbonyl (C=O) groups is 1. The van der Waals surface area contributed by atoms with Gasteiger partial charge in [0.15, 0.2) is 0 Å². The Bertz CT molecular complexity index is 96.4. The van der Waals surface area contributed by atoms with Crippen LogP contribution in [-0.4, -0.2) is 23.9 Å². The van der Waals surface area contributed by atoms with E-state index in [0.29, 0.717) is 0 Å². The van der Waals surface area contributed by atoms with E-state index in [1.165, 1.54) is 0 Å². The van der Waals surface area contributed by atoms with Crippen molar-refractivity contribution in [3.8, 4) is 0 Å². The van der Waals surface area contributed by atoms with Crippen molar-refractivity contribution in [1.82, 2.24) is 4.90 Å². The molecule has 0 radical (unpaired) electrons. The number of hydrogen-bond acceptors (Lipinski definition) is 1. The number of nitrogens with zero attached hydrogens (tertiary/aromatic N) is 1. The van der Waals surface area contributed by atoms with E-state index in [-0.39, 0.29) is 5.91 Å². The van der Waals surface area contributed by atoms with Gasteiger partial charge in [-0.25, -0.2) is 0 Å². The van der Waals surface area contributed by atoms with Gasteiger partial charge in [-0.05, 0) is 13.8 Å². The molecule has 0 saturated carbocycles. The van der Waals surface area contributed by atoms with Crippen LogP contribution in [-0.2, 0) is 22.1 Å². The Hall–Kier alpha value is 0.253. The van der Waals surface area contributed by atoms with Gasteiger partial charge in [0.1, 0.15) is 0 Å². The van der Waals surface area contributed by atoms with Crippen molar-refractivity contribution in [2.45, 2.75) is 20.8 Å². The maximum atomic E-state index is 10.8. The van der Waals surface area contributed by atoms with Crippen LogP contribution in [0, 0.1) is 6.42 Å². The van der Waals surface area contributed by atoms with E-state index in [1.54, 1.807) is 18.2 Å². The molecule has 0 aromatic carbocycles. The van der Waals surface area contributed by atoms with Crippen LogP contribution in [0.25, 0.3) is 0 Å². The van der Waals surface area contributed by atoms with Gasteiger partial charge in [-0.3, -0.25) is 0 Å². The maximum absolute atomic E-state index is 10.8. The van der Waals surface area contributed by atoms with Crippen molar-refractivity contribution < 1.29 is 22.1 Å². The summed E-state index contributed by atoms with van der Waals surface area (Å²) < 4.78 is 0. The van der Waals surface area contributed by atoms with Gasteiger partial charge in [-0.15, -0.1) is 0 Å². The van der Waals surface area contributed by atoms with Crippen molar-refractivity contribution in [1.29, 1.82) is 0 Å². The van der Waals surface area contributed by atoms with E-state index < -0.39 is 0 Å². The molecule has 0 aliphatic heterocycles. The Morgan fingerprint density at radius 1 is 1.45 bits per heavy atom. The van der Waals surface area contributed by atoms with Gasteiger partial charge in [0.05, 0.1) is 5.91 Å². The molecule has 0 aliphatic carbocycles. The second-order valence-corrected chi connectivity index (χ2v) is 1.80. The van der Waals surface area contributed by atoms with Crippen molar-refractivity contribution in [3.05, 3.63) is 6.42 Å². The minimum absolute atomic E-state index is 0.125. The van der Waals surface area contributed by atoms with Gasteiger partial charge in [0.2, 0.25) is 0 Å². The van der Waals surface area contributed by atoms with Gasteiger partial charge in [-0.2, -0.15) is 6.92 Å². The third-order valence-corrected chi connectivity index (χ3v) is 1.32. The van der Waals surface area contributed by atoms with Gasteiger partial charge < -0.3 is 16.1 Å². The molecule has 0 fully saturated rings. The first kappa shape index (κ1) is 13.8. The molecule has 0 aromatic heterocycles. The molecular weight excluding hydrogens is 215 g/mol. The third kappa shape index (κ3) is 6.64. The molecule has 0 heterocycles. The Labute approximate surface area is 83.0 Å². The molecule has 0 saturated heterocycles. The van der Waals surface area contributed by atoms with Crippen molar-refractivity contribution >= 4 is 15.6 Å². The fourth-order valence-electron chi connectivity index (χ4n) is 0.718. The summed E-state index contributed by atoms with van der Waals surface area (Å²) in [5.74, 6) is 0.125. The van der Waals surface area contributed by atoms with Crippen molar-refractivity contribution in [2.24, 2.45) is 0 Å². The summed E-state index contributed by atoms with van der Waals surface area (Å²) in [5.41, 5.74) is 0. The normalized spacial score (nSPS) is 7.82. The summed E-state index contributed by atoms with van der Waals surface area (Å²) in [4.78, 5) is 12.6. The van der Waals surface area contributed by atoms with E-state index in [2.05, 4.69) is 0 Å². The van der Waals surface area contributed by atoms with Crippen LogP contribution >= 0.6 is 9.69 Å². The molecule has 0 spiro atoms. The van der Waals surface area contributed by atoms with Crippen LogP contribution in [0.3, 0.4) is 0 Å². The first-order valence-electron chi connectivity index (χ1n) is 3.61. The van der Waals surface area contributed by atoms with E-state index in [0.717, 1.165) is 30.4 Å². The molecule has 0 aromatic rings. The van der Waals surface area contributed by atoms with Crippen molar-refractivity contribution in [2.75, 3.05) is 13.1 Å². The number of halogens is 1. The Morgan fingerprint density at radius 2 is 1.82 bits per heavy atom. The van der Waals surface area contributed by atoms with Crippen LogP contribution < -0.4 is 0 Å². The molecule has 0 aliphatic rings. The molecule has 2 nitrogen and oxygen atoms in total. The SMILES string of the molecule is C[CH-]C(=O)N(CC)CC.[Cl][Zn+]. The van der Waals surface area contributed by atoms with Crippen molar-refractivity contribution in [3.63, 3.8) is 0 Å². The summed E-state index contributed by atoms with van der Waals surface area (Å²) >= 11 is 0.847. The molecule has 0 N–H and O–H groups in total.